The van der Waals surface area contributed by atoms with Gasteiger partial charge in [0.2, 0.25) is 5.91 Å². The molecule has 8 nitrogen and oxygen atoms in total. The first-order valence-corrected chi connectivity index (χ1v) is 11.7. The zero-order valence-corrected chi connectivity index (χ0v) is 20.4. The highest BCUT2D eigenvalue weighted by atomic mass is 35.5. The minimum atomic E-state index is -0.339. The summed E-state index contributed by atoms with van der Waals surface area (Å²) >= 11 is 7.40. The number of ether oxygens (including phenoxy) is 1. The van der Waals surface area contributed by atoms with Crippen LogP contribution in [-0.4, -0.2) is 39.4 Å². The van der Waals surface area contributed by atoms with Crippen molar-refractivity contribution < 1.29 is 14.3 Å². The van der Waals surface area contributed by atoms with Crippen LogP contribution in [-0.2, 0) is 11.8 Å². The van der Waals surface area contributed by atoms with Crippen LogP contribution in [0.5, 0.6) is 5.75 Å². The van der Waals surface area contributed by atoms with Gasteiger partial charge in [0.1, 0.15) is 5.75 Å². The number of nitrogens with zero attached hydrogens (tertiary/aromatic N) is 3. The first kappa shape index (κ1) is 24.6. The number of aromatic nitrogens is 3. The van der Waals surface area contributed by atoms with Crippen molar-refractivity contribution >= 4 is 40.9 Å². The van der Waals surface area contributed by atoms with Crippen LogP contribution in [0.3, 0.4) is 0 Å². The van der Waals surface area contributed by atoms with Crippen LogP contribution in [0.2, 0.25) is 5.02 Å². The molecule has 33 heavy (non-hydrogen) atoms. The van der Waals surface area contributed by atoms with E-state index in [1.54, 1.807) is 42.0 Å². The standard InChI is InChI=1S/C23H26ClN5O3S/c1-14(2)20(26-22(31)15-8-6-5-7-9-15)21-27-28-23(29(21)3)33-13-19(30)25-18-12-16(32-4)10-11-17(18)24/h5-12,14,20H,13H2,1-4H3,(H,25,30)(H,26,31). The van der Waals surface area contributed by atoms with Gasteiger partial charge in [-0.05, 0) is 30.2 Å². The number of nitrogens with one attached hydrogen (secondary N) is 2. The summed E-state index contributed by atoms with van der Waals surface area (Å²) in [5, 5.41) is 15.3. The maximum absolute atomic E-state index is 12.7. The van der Waals surface area contributed by atoms with Gasteiger partial charge in [0, 0.05) is 18.7 Å². The summed E-state index contributed by atoms with van der Waals surface area (Å²) in [6.07, 6.45) is 0. The fraction of sp³-hybridized carbons (Fsp3) is 0.304. The van der Waals surface area contributed by atoms with Crippen LogP contribution in [0.1, 0.15) is 36.1 Å². The number of methoxy groups -OCH3 is 1. The minimum absolute atomic E-state index is 0.0805. The Kier molecular flexibility index (Phi) is 8.35. The lowest BCUT2D eigenvalue weighted by molar-refractivity contribution is -0.113. The Morgan fingerprint density at radius 3 is 2.55 bits per heavy atom. The molecule has 0 radical (unpaired) electrons. The van der Waals surface area contributed by atoms with Crippen molar-refractivity contribution in [3.8, 4) is 5.75 Å². The molecular weight excluding hydrogens is 462 g/mol. The predicted molar refractivity (Wildman–Crippen MR) is 130 cm³/mol. The van der Waals surface area contributed by atoms with Crippen molar-refractivity contribution in [1.29, 1.82) is 0 Å². The second-order valence-electron chi connectivity index (χ2n) is 7.64. The topological polar surface area (TPSA) is 98.1 Å². The molecule has 10 heteroatoms. The molecule has 2 aromatic carbocycles. The van der Waals surface area contributed by atoms with E-state index in [0.717, 1.165) is 0 Å². The lowest BCUT2D eigenvalue weighted by Crippen LogP contribution is -2.33. The molecule has 1 heterocycles. The average molecular weight is 488 g/mol. The van der Waals surface area contributed by atoms with Crippen LogP contribution in [0.25, 0.3) is 0 Å². The number of carbonyl (C=O) groups excluding carboxylic acids is 2. The molecule has 0 saturated carbocycles. The molecule has 1 atom stereocenters. The second-order valence-corrected chi connectivity index (χ2v) is 8.99. The van der Waals surface area contributed by atoms with E-state index in [1.807, 2.05) is 39.1 Å². The van der Waals surface area contributed by atoms with Gasteiger partial charge in [-0.3, -0.25) is 9.59 Å². The van der Waals surface area contributed by atoms with Crippen LogP contribution in [0.4, 0.5) is 5.69 Å². The summed E-state index contributed by atoms with van der Waals surface area (Å²) in [4.78, 5) is 25.1. The predicted octanol–water partition coefficient (Wildman–Crippen LogP) is 4.34. The van der Waals surface area contributed by atoms with Gasteiger partial charge in [0.25, 0.3) is 5.91 Å². The van der Waals surface area contributed by atoms with Crippen LogP contribution in [0.15, 0.2) is 53.7 Å². The summed E-state index contributed by atoms with van der Waals surface area (Å²) in [5.41, 5.74) is 1.05. The number of thioether (sulfide) groups is 1. The van der Waals surface area contributed by atoms with E-state index >= 15 is 0 Å². The fourth-order valence-electron chi connectivity index (χ4n) is 3.11. The van der Waals surface area contributed by atoms with Gasteiger partial charge >= 0.3 is 0 Å². The highest BCUT2D eigenvalue weighted by molar-refractivity contribution is 7.99. The van der Waals surface area contributed by atoms with Crippen molar-refractivity contribution in [3.05, 3.63) is 64.9 Å². The molecule has 0 bridgehead atoms. The van der Waals surface area contributed by atoms with E-state index in [0.29, 0.717) is 33.0 Å². The molecule has 174 valence electrons. The zero-order chi connectivity index (χ0) is 24.0. The third-order valence-electron chi connectivity index (χ3n) is 4.92. The number of benzene rings is 2. The summed E-state index contributed by atoms with van der Waals surface area (Å²) < 4.78 is 6.97. The highest BCUT2D eigenvalue weighted by Gasteiger charge is 2.25. The van der Waals surface area contributed by atoms with Crippen molar-refractivity contribution in [3.63, 3.8) is 0 Å². The monoisotopic (exact) mass is 487 g/mol. The second kappa shape index (κ2) is 11.2. The van der Waals surface area contributed by atoms with Crippen molar-refractivity contribution in [1.82, 2.24) is 20.1 Å². The van der Waals surface area contributed by atoms with Crippen molar-refractivity contribution in [2.75, 3.05) is 18.2 Å². The Morgan fingerprint density at radius 1 is 1.15 bits per heavy atom. The maximum atomic E-state index is 12.7. The lowest BCUT2D eigenvalue weighted by atomic mass is 10.0. The molecule has 0 fully saturated rings. The zero-order valence-electron chi connectivity index (χ0n) is 18.8. The van der Waals surface area contributed by atoms with Gasteiger partial charge in [-0.1, -0.05) is 55.4 Å². The third kappa shape index (κ3) is 6.27. The summed E-state index contributed by atoms with van der Waals surface area (Å²) in [6.45, 7) is 4.01. The summed E-state index contributed by atoms with van der Waals surface area (Å²) in [5.74, 6) is 0.989. The van der Waals surface area contributed by atoms with E-state index in [-0.39, 0.29) is 29.5 Å². The van der Waals surface area contributed by atoms with Crippen LogP contribution < -0.4 is 15.4 Å². The third-order valence-corrected chi connectivity index (χ3v) is 6.27. The van der Waals surface area contributed by atoms with Crippen molar-refractivity contribution in [2.45, 2.75) is 25.0 Å². The smallest absolute Gasteiger partial charge is 0.251 e. The largest absolute Gasteiger partial charge is 0.497 e. The van der Waals surface area contributed by atoms with Crippen LogP contribution in [0, 0.1) is 5.92 Å². The molecule has 0 aliphatic heterocycles. The fourth-order valence-corrected chi connectivity index (χ4v) is 3.99. The van der Waals surface area contributed by atoms with Gasteiger partial charge in [-0.25, -0.2) is 0 Å². The van der Waals surface area contributed by atoms with Gasteiger partial charge in [-0.2, -0.15) is 0 Å². The molecule has 0 spiro atoms. The normalized spacial score (nSPS) is 11.8. The number of halogens is 1. The number of rotatable bonds is 9. The molecule has 1 aromatic heterocycles. The Bertz CT molecular complexity index is 1120. The summed E-state index contributed by atoms with van der Waals surface area (Å²) in [6, 6.07) is 13.7. The molecule has 3 rings (SSSR count). The first-order chi connectivity index (χ1) is 15.8. The molecule has 0 aliphatic carbocycles. The van der Waals surface area contributed by atoms with Gasteiger partial charge in [0.05, 0.1) is 29.6 Å². The molecule has 1 unspecified atom stereocenters. The summed E-state index contributed by atoms with van der Waals surface area (Å²) in [7, 11) is 3.36. The highest BCUT2D eigenvalue weighted by Crippen LogP contribution is 2.28. The Labute approximate surface area is 202 Å². The number of carbonyl (C=O) groups is 2. The lowest BCUT2D eigenvalue weighted by Gasteiger charge is -2.21. The van der Waals surface area contributed by atoms with Gasteiger partial charge < -0.3 is 19.9 Å². The van der Waals surface area contributed by atoms with Gasteiger partial charge in [-0.15, -0.1) is 10.2 Å². The van der Waals surface area contributed by atoms with Crippen molar-refractivity contribution in [2.24, 2.45) is 13.0 Å². The molecule has 3 aromatic rings. The minimum Gasteiger partial charge on any atom is -0.497 e. The Morgan fingerprint density at radius 2 is 1.88 bits per heavy atom. The molecule has 0 saturated heterocycles. The van der Waals surface area contributed by atoms with E-state index in [1.165, 1.54) is 11.8 Å². The molecule has 2 N–H and O–H groups in total. The average Bonchev–Trinajstić information content (AvgIpc) is 3.17. The number of amides is 2. The quantitative estimate of drug-likeness (QED) is 0.436. The molecular formula is C23H26ClN5O3S. The number of anilines is 1. The maximum Gasteiger partial charge on any atom is 0.251 e. The first-order valence-electron chi connectivity index (χ1n) is 10.3. The van der Waals surface area contributed by atoms with E-state index in [4.69, 9.17) is 16.3 Å². The molecule has 0 aliphatic rings. The van der Waals surface area contributed by atoms with Crippen LogP contribution >= 0.6 is 23.4 Å². The number of hydrogen-bond donors (Lipinski definition) is 2. The molecule has 2 amide bonds. The van der Waals surface area contributed by atoms with E-state index in [2.05, 4.69) is 20.8 Å². The van der Waals surface area contributed by atoms with E-state index in [9.17, 15) is 9.59 Å². The van der Waals surface area contributed by atoms with Gasteiger partial charge in [0.15, 0.2) is 11.0 Å². The van der Waals surface area contributed by atoms with E-state index < -0.39 is 0 Å². The Hall–Kier alpha value is -3.04. The number of hydrogen-bond acceptors (Lipinski definition) is 6. The Balaban J connectivity index is 1.66. The SMILES string of the molecule is COc1ccc(Cl)c(NC(=O)CSc2nnc(C(NC(=O)c3ccccc3)C(C)C)n2C)c1.